The molecule has 2 aromatic rings. The summed E-state index contributed by atoms with van der Waals surface area (Å²) in [5.41, 5.74) is 6.34. The number of hydrogen-bond acceptors (Lipinski definition) is 4. The highest BCUT2D eigenvalue weighted by Gasteiger charge is 2.56. The molecule has 2 aromatic heterocycles. The normalized spacial score (nSPS) is 25.4. The van der Waals surface area contributed by atoms with E-state index in [4.69, 9.17) is 10.5 Å². The molecule has 0 bridgehead atoms. The molecule has 2 fully saturated rings. The summed E-state index contributed by atoms with van der Waals surface area (Å²) in [5.74, 6) is 0.851. The summed E-state index contributed by atoms with van der Waals surface area (Å²) in [4.78, 5) is 3.71. The summed E-state index contributed by atoms with van der Waals surface area (Å²) in [6.07, 6.45) is -3.19. The van der Waals surface area contributed by atoms with Crippen LogP contribution in [0.2, 0.25) is 0 Å². The van der Waals surface area contributed by atoms with Gasteiger partial charge < -0.3 is 10.5 Å². The molecular weight excluding hydrogens is 333 g/mol. The van der Waals surface area contributed by atoms with Crippen LogP contribution in [0.4, 0.5) is 19.0 Å². The van der Waals surface area contributed by atoms with Gasteiger partial charge in [-0.1, -0.05) is 0 Å². The fourth-order valence-corrected chi connectivity index (χ4v) is 3.73. The van der Waals surface area contributed by atoms with Crippen molar-refractivity contribution in [2.45, 2.75) is 32.0 Å². The van der Waals surface area contributed by atoms with Gasteiger partial charge in [-0.2, -0.15) is 18.3 Å². The van der Waals surface area contributed by atoms with Crippen LogP contribution in [0.1, 0.15) is 37.1 Å². The Morgan fingerprint density at radius 1 is 1.24 bits per heavy atom. The zero-order valence-electron chi connectivity index (χ0n) is 13.9. The molecule has 0 amide bonds. The van der Waals surface area contributed by atoms with Crippen molar-refractivity contribution in [2.75, 3.05) is 18.9 Å². The molecule has 1 aliphatic heterocycles. The van der Waals surface area contributed by atoms with E-state index in [-0.39, 0.29) is 6.04 Å². The summed E-state index contributed by atoms with van der Waals surface area (Å²) < 4.78 is 46.6. The Balaban J connectivity index is 1.74. The first kappa shape index (κ1) is 16.4. The molecule has 3 heterocycles. The van der Waals surface area contributed by atoms with Crippen molar-refractivity contribution < 1.29 is 17.9 Å². The van der Waals surface area contributed by atoms with Gasteiger partial charge in [0.15, 0.2) is 0 Å². The maximum absolute atomic E-state index is 13.1. The smallest absolute Gasteiger partial charge is 0.383 e. The summed E-state index contributed by atoms with van der Waals surface area (Å²) in [5, 5.41) is 4.55. The van der Waals surface area contributed by atoms with E-state index in [0.717, 1.165) is 25.0 Å². The second-order valence-corrected chi connectivity index (χ2v) is 7.04. The second-order valence-electron chi connectivity index (χ2n) is 7.04. The molecule has 0 aromatic carbocycles. The van der Waals surface area contributed by atoms with Gasteiger partial charge in [0.2, 0.25) is 0 Å². The summed E-state index contributed by atoms with van der Waals surface area (Å²) in [6, 6.07) is 3.03. The van der Waals surface area contributed by atoms with Gasteiger partial charge >= 0.3 is 6.18 Å². The predicted octanol–water partition coefficient (Wildman–Crippen LogP) is 3.49. The number of aromatic nitrogens is 3. The van der Waals surface area contributed by atoms with Gasteiger partial charge in [-0.25, -0.2) is 4.98 Å². The molecule has 0 spiro atoms. The van der Waals surface area contributed by atoms with E-state index >= 15 is 0 Å². The number of nitrogens with zero attached hydrogens (tertiary/aromatic N) is 3. The highest BCUT2D eigenvalue weighted by atomic mass is 19.4. The van der Waals surface area contributed by atoms with Crippen LogP contribution in [0.15, 0.2) is 18.3 Å². The third-order valence-corrected chi connectivity index (χ3v) is 5.07. The van der Waals surface area contributed by atoms with Gasteiger partial charge in [0.1, 0.15) is 5.82 Å². The molecule has 1 saturated carbocycles. The Morgan fingerprint density at radius 3 is 2.52 bits per heavy atom. The van der Waals surface area contributed by atoms with Gasteiger partial charge in [0, 0.05) is 29.4 Å². The number of nitrogens with two attached hydrogens (primary N) is 1. The van der Waals surface area contributed by atoms with Crippen molar-refractivity contribution in [3.8, 4) is 11.3 Å². The lowest BCUT2D eigenvalue weighted by atomic mass is 10.1. The van der Waals surface area contributed by atoms with E-state index in [1.165, 1.54) is 6.20 Å². The number of rotatable bonds is 3. The maximum atomic E-state index is 13.1. The van der Waals surface area contributed by atoms with Gasteiger partial charge in [-0.05, 0) is 37.8 Å². The Morgan fingerprint density at radius 2 is 1.92 bits per heavy atom. The number of pyridine rings is 1. The quantitative estimate of drug-likeness (QED) is 0.918. The molecule has 1 saturated heterocycles. The van der Waals surface area contributed by atoms with Crippen molar-refractivity contribution in [3.63, 3.8) is 0 Å². The highest BCUT2D eigenvalue weighted by molar-refractivity contribution is 5.63. The third-order valence-electron chi connectivity index (χ3n) is 5.07. The minimum Gasteiger partial charge on any atom is -0.383 e. The average molecular weight is 352 g/mol. The van der Waals surface area contributed by atoms with Crippen molar-refractivity contribution in [3.05, 3.63) is 29.6 Å². The first-order valence-electron chi connectivity index (χ1n) is 8.27. The molecule has 5 nitrogen and oxygen atoms in total. The van der Waals surface area contributed by atoms with Crippen LogP contribution < -0.4 is 5.73 Å². The molecule has 0 radical (unpaired) electrons. The fraction of sp³-hybridized carbons (Fsp3) is 0.529. The third kappa shape index (κ3) is 2.68. The minimum atomic E-state index is -4.54. The van der Waals surface area contributed by atoms with Crippen LogP contribution in [0.25, 0.3) is 11.3 Å². The van der Waals surface area contributed by atoms with Gasteiger partial charge in [-0.3, -0.25) is 4.68 Å². The fourth-order valence-electron chi connectivity index (χ4n) is 3.73. The van der Waals surface area contributed by atoms with Gasteiger partial charge in [-0.15, -0.1) is 0 Å². The molecule has 8 heteroatoms. The van der Waals surface area contributed by atoms with Crippen LogP contribution in [0.5, 0.6) is 0 Å². The molecule has 4 rings (SSSR count). The Hall–Kier alpha value is -2.09. The lowest BCUT2D eigenvalue weighted by molar-refractivity contribution is -0.137. The second kappa shape index (κ2) is 5.45. The summed E-state index contributed by atoms with van der Waals surface area (Å²) in [6.45, 7) is 5.51. The Kier molecular flexibility index (Phi) is 3.57. The number of hydrogen-bond donors (Lipinski definition) is 1. The lowest BCUT2D eigenvalue weighted by Gasteiger charge is -2.12. The van der Waals surface area contributed by atoms with E-state index in [2.05, 4.69) is 10.1 Å². The number of halogens is 3. The van der Waals surface area contributed by atoms with E-state index in [1.54, 1.807) is 0 Å². The topological polar surface area (TPSA) is 66.0 Å². The van der Waals surface area contributed by atoms with Crippen molar-refractivity contribution in [1.82, 2.24) is 14.8 Å². The van der Waals surface area contributed by atoms with Crippen LogP contribution in [0, 0.1) is 11.8 Å². The molecule has 3 atom stereocenters. The highest BCUT2D eigenvalue weighted by Crippen LogP contribution is 2.58. The zero-order valence-corrected chi connectivity index (χ0v) is 13.9. The maximum Gasteiger partial charge on any atom is 0.419 e. The largest absolute Gasteiger partial charge is 0.419 e. The van der Waals surface area contributed by atoms with Gasteiger partial charge in [0.05, 0.1) is 24.5 Å². The first-order chi connectivity index (χ1) is 11.8. The number of fused-ring (bicyclic) bond motifs is 1. The van der Waals surface area contributed by atoms with Gasteiger partial charge in [0.25, 0.3) is 0 Å². The Labute approximate surface area is 143 Å². The lowest BCUT2D eigenvalue weighted by Crippen LogP contribution is -2.11. The standard InChI is InChI=1S/C17H19F3N4O/c1-8(2)24-14(15-10-6-25-7-11(10)15)4-13(23-24)9-3-12(17(18,19)20)16(21)22-5-9/h3-5,8,10-11,15H,6-7H2,1-2H3,(H2,21,22)/t10-,11+,15+. The molecule has 0 unspecified atom stereocenters. The first-order valence-corrected chi connectivity index (χ1v) is 8.27. The molecule has 134 valence electrons. The summed E-state index contributed by atoms with van der Waals surface area (Å²) in [7, 11) is 0. The predicted molar refractivity (Wildman–Crippen MR) is 85.8 cm³/mol. The van der Waals surface area contributed by atoms with Crippen LogP contribution >= 0.6 is 0 Å². The molecule has 25 heavy (non-hydrogen) atoms. The van der Waals surface area contributed by atoms with Crippen molar-refractivity contribution >= 4 is 5.82 Å². The average Bonchev–Trinajstić information content (AvgIpc) is 2.93. The van der Waals surface area contributed by atoms with Crippen LogP contribution in [-0.2, 0) is 10.9 Å². The number of anilines is 1. The van der Waals surface area contributed by atoms with E-state index in [9.17, 15) is 13.2 Å². The van der Waals surface area contributed by atoms with E-state index in [0.29, 0.717) is 29.0 Å². The molecule has 2 N–H and O–H groups in total. The van der Waals surface area contributed by atoms with Crippen molar-refractivity contribution in [2.24, 2.45) is 11.8 Å². The minimum absolute atomic E-state index is 0.120. The number of ether oxygens (including phenoxy) is 1. The molecule has 1 aliphatic carbocycles. The SMILES string of the molecule is CC(C)n1nc(-c2cnc(N)c(C(F)(F)F)c2)cc1[C@H]1[C@@H]2COC[C@@H]21. The van der Waals surface area contributed by atoms with E-state index < -0.39 is 17.6 Å². The number of nitrogen functional groups attached to an aromatic ring is 1. The Bertz CT molecular complexity index is 805. The molecule has 2 aliphatic rings. The van der Waals surface area contributed by atoms with E-state index in [1.807, 2.05) is 24.6 Å². The van der Waals surface area contributed by atoms with Crippen molar-refractivity contribution in [1.29, 1.82) is 0 Å². The summed E-state index contributed by atoms with van der Waals surface area (Å²) >= 11 is 0. The molecular formula is C17H19F3N4O. The van der Waals surface area contributed by atoms with Crippen LogP contribution in [-0.4, -0.2) is 28.0 Å². The zero-order chi connectivity index (χ0) is 17.9. The monoisotopic (exact) mass is 352 g/mol. The number of alkyl halides is 3. The van der Waals surface area contributed by atoms with Crippen LogP contribution in [0.3, 0.4) is 0 Å².